The lowest BCUT2D eigenvalue weighted by atomic mass is 10.1. The number of benzene rings is 1. The number of rotatable bonds is 7. The van der Waals surface area contributed by atoms with Crippen LogP contribution in [0.15, 0.2) is 17.0 Å². The fourth-order valence-corrected chi connectivity index (χ4v) is 4.60. The van der Waals surface area contributed by atoms with Crippen LogP contribution in [0, 0.1) is 19.8 Å². The standard InChI is InChI=1S/C18H29N3O4S/c1-13(12-21-7-5-20(4)6-8-21)11-19-26(24,25)17-10-16(18(22)23)9-14(2)15(17)3/h9-10,13,19H,5-8,11-12H2,1-4H3,(H,22,23). The van der Waals surface area contributed by atoms with Gasteiger partial charge in [0.2, 0.25) is 10.0 Å². The Bertz CT molecular complexity index is 756. The molecule has 1 unspecified atom stereocenters. The quantitative estimate of drug-likeness (QED) is 0.734. The number of aromatic carboxylic acids is 1. The predicted octanol–water partition coefficient (Wildman–Crippen LogP) is 1.16. The number of carboxylic acids is 1. The third-order valence-corrected chi connectivity index (χ3v) is 6.49. The van der Waals surface area contributed by atoms with Crippen LogP contribution in [0.1, 0.15) is 28.4 Å². The van der Waals surface area contributed by atoms with Crippen molar-refractivity contribution in [1.82, 2.24) is 14.5 Å². The molecule has 1 aliphatic heterocycles. The molecular weight excluding hydrogens is 354 g/mol. The summed E-state index contributed by atoms with van der Waals surface area (Å²) in [5.41, 5.74) is 1.21. The minimum atomic E-state index is -3.75. The zero-order chi connectivity index (χ0) is 19.5. The van der Waals surface area contributed by atoms with Crippen molar-refractivity contribution in [2.45, 2.75) is 25.7 Å². The van der Waals surface area contributed by atoms with Gasteiger partial charge >= 0.3 is 5.97 Å². The number of likely N-dealkylation sites (N-methyl/N-ethyl adjacent to an activating group) is 1. The smallest absolute Gasteiger partial charge is 0.335 e. The lowest BCUT2D eigenvalue weighted by Crippen LogP contribution is -2.46. The largest absolute Gasteiger partial charge is 0.478 e. The predicted molar refractivity (Wildman–Crippen MR) is 101 cm³/mol. The van der Waals surface area contributed by atoms with Crippen LogP contribution in [0.2, 0.25) is 0 Å². The Labute approximate surface area is 156 Å². The van der Waals surface area contributed by atoms with Crippen LogP contribution in [-0.4, -0.2) is 75.6 Å². The number of piperazine rings is 1. The van der Waals surface area contributed by atoms with Gasteiger partial charge in [0.05, 0.1) is 10.5 Å². The third kappa shape index (κ3) is 5.26. The Morgan fingerprint density at radius 2 is 1.85 bits per heavy atom. The first kappa shape index (κ1) is 20.8. The van der Waals surface area contributed by atoms with Crippen molar-refractivity contribution in [3.05, 3.63) is 28.8 Å². The lowest BCUT2D eigenvalue weighted by molar-refractivity contribution is 0.0696. The van der Waals surface area contributed by atoms with Gasteiger partial charge in [0.15, 0.2) is 0 Å². The van der Waals surface area contributed by atoms with E-state index in [-0.39, 0.29) is 16.4 Å². The number of sulfonamides is 1. The van der Waals surface area contributed by atoms with Crippen LogP contribution in [0.5, 0.6) is 0 Å². The van der Waals surface area contributed by atoms with Gasteiger partial charge in [-0.15, -0.1) is 0 Å². The zero-order valence-corrected chi connectivity index (χ0v) is 16.8. The molecule has 2 rings (SSSR count). The highest BCUT2D eigenvalue weighted by atomic mass is 32.2. The van der Waals surface area contributed by atoms with Crippen molar-refractivity contribution >= 4 is 16.0 Å². The molecule has 0 radical (unpaired) electrons. The van der Waals surface area contributed by atoms with Crippen molar-refractivity contribution in [2.24, 2.45) is 5.92 Å². The number of carbonyl (C=O) groups is 1. The highest BCUT2D eigenvalue weighted by Crippen LogP contribution is 2.21. The summed E-state index contributed by atoms with van der Waals surface area (Å²) in [5.74, 6) is -0.967. The Morgan fingerprint density at radius 1 is 1.23 bits per heavy atom. The van der Waals surface area contributed by atoms with E-state index >= 15 is 0 Å². The number of carboxylic acid groups (broad SMARTS) is 1. The molecule has 0 amide bonds. The van der Waals surface area contributed by atoms with E-state index in [1.165, 1.54) is 12.1 Å². The van der Waals surface area contributed by atoms with Crippen molar-refractivity contribution < 1.29 is 18.3 Å². The Balaban J connectivity index is 2.03. The van der Waals surface area contributed by atoms with E-state index < -0.39 is 16.0 Å². The van der Waals surface area contributed by atoms with Gasteiger partial charge in [-0.1, -0.05) is 6.92 Å². The van der Waals surface area contributed by atoms with Crippen LogP contribution in [0.3, 0.4) is 0 Å². The second-order valence-corrected chi connectivity index (χ2v) is 9.02. The maximum Gasteiger partial charge on any atom is 0.335 e. The number of hydrogen-bond acceptors (Lipinski definition) is 5. The highest BCUT2D eigenvalue weighted by Gasteiger charge is 2.22. The fourth-order valence-electron chi connectivity index (χ4n) is 3.10. The van der Waals surface area contributed by atoms with Crippen LogP contribution in [0.25, 0.3) is 0 Å². The Hall–Kier alpha value is -1.48. The summed E-state index contributed by atoms with van der Waals surface area (Å²) in [6.07, 6.45) is 0. The third-order valence-electron chi connectivity index (χ3n) is 4.94. The van der Waals surface area contributed by atoms with E-state index in [2.05, 4.69) is 21.6 Å². The minimum absolute atomic E-state index is 0.0149. The molecule has 1 heterocycles. The molecule has 1 aliphatic rings. The summed E-state index contributed by atoms with van der Waals surface area (Å²) in [5, 5.41) is 9.19. The van der Waals surface area contributed by atoms with Gasteiger partial charge in [-0.25, -0.2) is 17.9 Å². The molecule has 0 bridgehead atoms. The zero-order valence-electron chi connectivity index (χ0n) is 15.9. The average Bonchev–Trinajstić information content (AvgIpc) is 2.57. The van der Waals surface area contributed by atoms with E-state index in [0.29, 0.717) is 17.7 Å². The normalized spacial score (nSPS) is 18.0. The first-order chi connectivity index (χ1) is 12.1. The molecule has 1 aromatic carbocycles. The van der Waals surface area contributed by atoms with Crippen molar-refractivity contribution in [1.29, 1.82) is 0 Å². The van der Waals surface area contributed by atoms with Crippen LogP contribution in [-0.2, 0) is 10.0 Å². The summed E-state index contributed by atoms with van der Waals surface area (Å²) in [4.78, 5) is 15.9. The van der Waals surface area contributed by atoms with E-state index in [1.54, 1.807) is 13.8 Å². The summed E-state index contributed by atoms with van der Waals surface area (Å²) in [7, 11) is -1.65. The molecule has 0 saturated carbocycles. The average molecular weight is 384 g/mol. The fraction of sp³-hybridized carbons (Fsp3) is 0.611. The Morgan fingerprint density at radius 3 is 2.42 bits per heavy atom. The highest BCUT2D eigenvalue weighted by molar-refractivity contribution is 7.89. The first-order valence-corrected chi connectivity index (χ1v) is 10.3. The molecule has 8 heteroatoms. The second-order valence-electron chi connectivity index (χ2n) is 7.28. The van der Waals surface area contributed by atoms with Crippen molar-refractivity contribution in [3.63, 3.8) is 0 Å². The number of nitrogens with zero attached hydrogens (tertiary/aromatic N) is 2. The topological polar surface area (TPSA) is 89.9 Å². The number of nitrogens with one attached hydrogen (secondary N) is 1. The molecule has 1 fully saturated rings. The molecule has 26 heavy (non-hydrogen) atoms. The van der Waals surface area contributed by atoms with Gasteiger partial charge < -0.3 is 14.9 Å². The van der Waals surface area contributed by atoms with E-state index in [0.717, 1.165) is 32.7 Å². The molecule has 0 spiro atoms. The maximum absolute atomic E-state index is 12.7. The molecule has 1 saturated heterocycles. The van der Waals surface area contributed by atoms with Gasteiger partial charge in [0.1, 0.15) is 0 Å². The number of aryl methyl sites for hydroxylation is 1. The van der Waals surface area contributed by atoms with Crippen molar-refractivity contribution in [3.8, 4) is 0 Å². The van der Waals surface area contributed by atoms with Gasteiger partial charge in [-0.3, -0.25) is 0 Å². The molecule has 2 N–H and O–H groups in total. The van der Waals surface area contributed by atoms with Crippen LogP contribution >= 0.6 is 0 Å². The monoisotopic (exact) mass is 383 g/mol. The molecule has 1 aromatic rings. The van der Waals surface area contributed by atoms with E-state index in [4.69, 9.17) is 0 Å². The van der Waals surface area contributed by atoms with Gasteiger partial charge in [0, 0.05) is 39.3 Å². The van der Waals surface area contributed by atoms with Crippen LogP contribution < -0.4 is 4.72 Å². The summed E-state index contributed by atoms with van der Waals surface area (Å²) in [6, 6.07) is 2.73. The van der Waals surface area contributed by atoms with Gasteiger partial charge in [-0.05, 0) is 50.1 Å². The molecule has 0 aromatic heterocycles. The van der Waals surface area contributed by atoms with Crippen LogP contribution in [0.4, 0.5) is 0 Å². The molecule has 0 aliphatic carbocycles. The first-order valence-electron chi connectivity index (χ1n) is 8.85. The van der Waals surface area contributed by atoms with Crippen molar-refractivity contribution in [2.75, 3.05) is 46.3 Å². The Kier molecular flexibility index (Phi) is 6.79. The number of hydrogen-bond donors (Lipinski definition) is 2. The molecule has 1 atom stereocenters. The van der Waals surface area contributed by atoms with Gasteiger partial charge in [0.25, 0.3) is 0 Å². The lowest BCUT2D eigenvalue weighted by Gasteiger charge is -2.33. The van der Waals surface area contributed by atoms with E-state index in [1.807, 2.05) is 6.92 Å². The summed E-state index contributed by atoms with van der Waals surface area (Å²) in [6.45, 7) is 10.6. The second kappa shape index (κ2) is 8.47. The van der Waals surface area contributed by atoms with E-state index in [9.17, 15) is 18.3 Å². The summed E-state index contributed by atoms with van der Waals surface area (Å²) >= 11 is 0. The summed E-state index contributed by atoms with van der Waals surface area (Å²) < 4.78 is 28.0. The SMILES string of the molecule is Cc1cc(C(=O)O)cc(S(=O)(=O)NCC(C)CN2CCN(C)CC2)c1C. The molecular formula is C18H29N3O4S. The molecule has 146 valence electrons. The minimum Gasteiger partial charge on any atom is -0.478 e. The van der Waals surface area contributed by atoms with Gasteiger partial charge in [-0.2, -0.15) is 0 Å². The maximum atomic E-state index is 12.7. The molecule has 7 nitrogen and oxygen atoms in total.